The van der Waals surface area contributed by atoms with Crippen molar-refractivity contribution >= 4 is 22.7 Å². The summed E-state index contributed by atoms with van der Waals surface area (Å²) in [6.45, 7) is 5.94. The molecule has 0 radical (unpaired) electrons. The van der Waals surface area contributed by atoms with Crippen LogP contribution in [0.5, 0.6) is 5.75 Å². The van der Waals surface area contributed by atoms with Gasteiger partial charge in [0, 0.05) is 29.9 Å². The number of anilines is 2. The van der Waals surface area contributed by atoms with Crippen molar-refractivity contribution < 1.29 is 5.11 Å². The Hall–Kier alpha value is -2.71. The molecule has 3 aromatic rings. The lowest BCUT2D eigenvalue weighted by Crippen LogP contribution is -2.20. The molecular weight excluding hydrogens is 366 g/mol. The van der Waals surface area contributed by atoms with Gasteiger partial charge in [-0.05, 0) is 64.0 Å². The van der Waals surface area contributed by atoms with Gasteiger partial charge in [-0.25, -0.2) is 15.0 Å². The van der Waals surface area contributed by atoms with Gasteiger partial charge in [0.05, 0.1) is 6.33 Å². The second kappa shape index (κ2) is 7.96. The van der Waals surface area contributed by atoms with Gasteiger partial charge >= 0.3 is 0 Å². The minimum atomic E-state index is 0.434. The van der Waals surface area contributed by atoms with Crippen LogP contribution in [0, 0.1) is 0 Å². The number of benzene rings is 1. The van der Waals surface area contributed by atoms with Crippen LogP contribution in [0.3, 0.4) is 0 Å². The maximum absolute atomic E-state index is 11.0. The Morgan fingerprint density at radius 2 is 1.52 bits per heavy atom. The van der Waals surface area contributed by atoms with Crippen LogP contribution in [-0.2, 0) is 13.1 Å². The van der Waals surface area contributed by atoms with E-state index in [2.05, 4.69) is 35.1 Å². The van der Waals surface area contributed by atoms with E-state index in [1.54, 1.807) is 6.33 Å². The molecule has 0 amide bonds. The topological polar surface area (TPSA) is 93.2 Å². The van der Waals surface area contributed by atoms with Gasteiger partial charge in [-0.15, -0.1) is 0 Å². The summed E-state index contributed by atoms with van der Waals surface area (Å²) in [6, 6.07) is 4.09. The third kappa shape index (κ3) is 3.90. The van der Waals surface area contributed by atoms with E-state index in [0.717, 1.165) is 61.6 Å². The van der Waals surface area contributed by atoms with Crippen LogP contribution < -0.4 is 5.32 Å². The Morgan fingerprint density at radius 1 is 0.897 bits per heavy atom. The lowest BCUT2D eigenvalue weighted by Gasteiger charge is -2.21. The predicted molar refractivity (Wildman–Crippen MR) is 112 cm³/mol. The summed E-state index contributed by atoms with van der Waals surface area (Å²) in [5, 5.41) is 14.4. The van der Waals surface area contributed by atoms with E-state index < -0.39 is 0 Å². The number of hydrogen-bond acceptors (Lipinski definition) is 7. The first kappa shape index (κ1) is 18.3. The Kier molecular flexibility index (Phi) is 5.03. The van der Waals surface area contributed by atoms with Crippen LogP contribution in [-0.4, -0.2) is 61.0 Å². The molecule has 8 nitrogen and oxygen atoms in total. The van der Waals surface area contributed by atoms with Crippen LogP contribution in [0.2, 0.25) is 0 Å². The maximum atomic E-state index is 11.0. The van der Waals surface area contributed by atoms with Crippen molar-refractivity contribution in [2.75, 3.05) is 31.5 Å². The molecule has 2 aliphatic rings. The van der Waals surface area contributed by atoms with Crippen LogP contribution in [0.4, 0.5) is 11.5 Å². The standard InChI is InChI=1S/C21H27N7O/c29-19-15(11-27-5-1-2-6-27)9-17(10-16(19)12-28-7-3-4-8-28)26-21-18-20(23-13-22-18)24-14-25-21/h9-10,13-14,29H,1-8,11-12H2,(H2,22,23,24,25,26). The number of phenols is 1. The quantitative estimate of drug-likeness (QED) is 0.554. The van der Waals surface area contributed by atoms with Crippen molar-refractivity contribution in [2.24, 2.45) is 0 Å². The SMILES string of the molecule is Oc1c(CN2CCCC2)cc(Nc2ncnc3nc[nH]c23)cc1CN1CCCC1. The van der Waals surface area contributed by atoms with Gasteiger partial charge in [-0.3, -0.25) is 9.80 Å². The molecule has 152 valence electrons. The Morgan fingerprint density at radius 3 is 2.14 bits per heavy atom. The largest absolute Gasteiger partial charge is 0.507 e. The van der Waals surface area contributed by atoms with E-state index in [1.165, 1.54) is 32.0 Å². The highest BCUT2D eigenvalue weighted by atomic mass is 16.3. The van der Waals surface area contributed by atoms with Crippen molar-refractivity contribution in [1.29, 1.82) is 0 Å². The zero-order valence-corrected chi connectivity index (χ0v) is 16.6. The number of aromatic amines is 1. The van der Waals surface area contributed by atoms with E-state index >= 15 is 0 Å². The molecule has 8 heteroatoms. The summed E-state index contributed by atoms with van der Waals surface area (Å²) >= 11 is 0. The van der Waals surface area contributed by atoms with Crippen LogP contribution in [0.1, 0.15) is 36.8 Å². The summed E-state index contributed by atoms with van der Waals surface area (Å²) in [5.74, 6) is 1.13. The minimum absolute atomic E-state index is 0.434. The van der Waals surface area contributed by atoms with Gasteiger partial charge in [-0.1, -0.05) is 0 Å². The third-order valence-electron chi connectivity index (χ3n) is 5.94. The number of aromatic hydroxyl groups is 1. The summed E-state index contributed by atoms with van der Waals surface area (Å²) in [7, 11) is 0. The number of H-pyrrole nitrogens is 1. The highest BCUT2D eigenvalue weighted by Crippen LogP contribution is 2.32. The minimum Gasteiger partial charge on any atom is -0.507 e. The zero-order chi connectivity index (χ0) is 19.6. The normalized spacial score (nSPS) is 18.1. The number of hydrogen-bond donors (Lipinski definition) is 3. The molecule has 29 heavy (non-hydrogen) atoms. The van der Waals surface area contributed by atoms with E-state index in [-0.39, 0.29) is 0 Å². The molecule has 0 spiro atoms. The fourth-order valence-corrected chi connectivity index (χ4v) is 4.43. The molecule has 2 fully saturated rings. The van der Waals surface area contributed by atoms with Crippen molar-refractivity contribution in [3.8, 4) is 5.75 Å². The molecule has 5 rings (SSSR count). The molecule has 3 N–H and O–H groups in total. The average Bonchev–Trinajstić information content (AvgIpc) is 3.48. The van der Waals surface area contributed by atoms with Crippen molar-refractivity contribution in [2.45, 2.75) is 38.8 Å². The number of phenolic OH excluding ortho intramolecular Hbond substituents is 1. The zero-order valence-electron chi connectivity index (χ0n) is 16.6. The number of nitrogens with zero attached hydrogens (tertiary/aromatic N) is 5. The molecule has 4 heterocycles. The summed E-state index contributed by atoms with van der Waals surface area (Å²) in [6.07, 6.45) is 8.08. The van der Waals surface area contributed by atoms with E-state index in [0.29, 0.717) is 17.2 Å². The second-order valence-corrected chi connectivity index (χ2v) is 8.06. The molecule has 0 aliphatic carbocycles. The fourth-order valence-electron chi connectivity index (χ4n) is 4.43. The van der Waals surface area contributed by atoms with Crippen molar-refractivity contribution in [3.63, 3.8) is 0 Å². The van der Waals surface area contributed by atoms with Crippen molar-refractivity contribution in [1.82, 2.24) is 29.7 Å². The van der Waals surface area contributed by atoms with E-state index in [4.69, 9.17) is 0 Å². The first-order valence-corrected chi connectivity index (χ1v) is 10.5. The number of nitrogens with one attached hydrogen (secondary N) is 2. The second-order valence-electron chi connectivity index (χ2n) is 8.06. The highest BCUT2D eigenvalue weighted by Gasteiger charge is 2.20. The molecule has 2 saturated heterocycles. The summed E-state index contributed by atoms with van der Waals surface area (Å²) < 4.78 is 0. The van der Waals surface area contributed by atoms with Gasteiger partial charge in [-0.2, -0.15) is 0 Å². The maximum Gasteiger partial charge on any atom is 0.182 e. The first-order valence-electron chi connectivity index (χ1n) is 10.5. The number of rotatable bonds is 6. The van der Waals surface area contributed by atoms with Crippen LogP contribution >= 0.6 is 0 Å². The monoisotopic (exact) mass is 393 g/mol. The molecule has 2 aromatic heterocycles. The first-order chi connectivity index (χ1) is 14.3. The Bertz CT molecular complexity index is 951. The van der Waals surface area contributed by atoms with Crippen LogP contribution in [0.25, 0.3) is 11.2 Å². The average molecular weight is 393 g/mol. The van der Waals surface area contributed by atoms with Gasteiger partial charge in [0.15, 0.2) is 11.5 Å². The number of aromatic nitrogens is 4. The van der Waals surface area contributed by atoms with Crippen LogP contribution in [0.15, 0.2) is 24.8 Å². The number of fused-ring (bicyclic) bond motifs is 1. The van der Waals surface area contributed by atoms with E-state index in [9.17, 15) is 5.11 Å². The smallest absolute Gasteiger partial charge is 0.182 e. The van der Waals surface area contributed by atoms with Gasteiger partial charge in [0.2, 0.25) is 0 Å². The third-order valence-corrected chi connectivity index (χ3v) is 5.94. The summed E-state index contributed by atoms with van der Waals surface area (Å²) in [5.41, 5.74) is 4.29. The molecule has 1 aromatic carbocycles. The fraction of sp³-hybridized carbons (Fsp3) is 0.476. The predicted octanol–water partition coefficient (Wildman–Crippen LogP) is 2.99. The Labute approximate surface area is 170 Å². The van der Waals surface area contributed by atoms with E-state index in [1.807, 2.05) is 12.1 Å². The molecule has 0 bridgehead atoms. The lowest BCUT2D eigenvalue weighted by molar-refractivity contribution is 0.312. The van der Waals surface area contributed by atoms with Gasteiger partial charge < -0.3 is 15.4 Å². The molecular formula is C21H27N7O. The number of likely N-dealkylation sites (tertiary alicyclic amines) is 2. The van der Waals surface area contributed by atoms with Gasteiger partial charge in [0.1, 0.15) is 17.6 Å². The number of imidazole rings is 1. The molecule has 0 atom stereocenters. The van der Waals surface area contributed by atoms with Crippen molar-refractivity contribution in [3.05, 3.63) is 35.9 Å². The summed E-state index contributed by atoms with van der Waals surface area (Å²) in [4.78, 5) is 20.7. The highest BCUT2D eigenvalue weighted by molar-refractivity contribution is 5.84. The Balaban J connectivity index is 1.48. The molecule has 0 saturated carbocycles. The molecule has 0 unspecified atom stereocenters. The van der Waals surface area contributed by atoms with Gasteiger partial charge in [0.25, 0.3) is 0 Å². The molecule has 2 aliphatic heterocycles. The lowest BCUT2D eigenvalue weighted by atomic mass is 10.1.